The quantitative estimate of drug-likeness (QED) is 0.610. The molecule has 0 radical (unpaired) electrons. The lowest BCUT2D eigenvalue weighted by atomic mass is 10.1. The van der Waals surface area contributed by atoms with Crippen LogP contribution >= 0.6 is 0 Å². The molecule has 0 aromatic heterocycles. The Morgan fingerprint density at radius 1 is 1.39 bits per heavy atom. The number of rotatable bonds is 5. The number of nitrogens with zero attached hydrogens (tertiary/aromatic N) is 4. The molecule has 7 nitrogen and oxygen atoms in total. The predicted octanol–water partition coefficient (Wildman–Crippen LogP) is 2.01. The van der Waals surface area contributed by atoms with E-state index in [0.29, 0.717) is 18.7 Å². The second-order valence-corrected chi connectivity index (χ2v) is 5.90. The first kappa shape index (κ1) is 17.2. The number of hydrogen-bond acceptors (Lipinski definition) is 6. The van der Waals surface area contributed by atoms with Crippen LogP contribution < -0.4 is 4.90 Å². The van der Waals surface area contributed by atoms with Crippen molar-refractivity contribution in [2.75, 3.05) is 38.3 Å². The molecule has 23 heavy (non-hydrogen) atoms. The Morgan fingerprint density at radius 2 is 2.04 bits per heavy atom. The zero-order valence-electron chi connectivity index (χ0n) is 13.7. The lowest BCUT2D eigenvalue weighted by Crippen LogP contribution is -2.57. The highest BCUT2D eigenvalue weighted by Gasteiger charge is 2.29. The molecular formula is C16H22N4O3. The highest BCUT2D eigenvalue weighted by atomic mass is 16.6. The smallest absolute Gasteiger partial charge is 0.287 e. The van der Waals surface area contributed by atoms with Crippen LogP contribution in [0.3, 0.4) is 0 Å². The van der Waals surface area contributed by atoms with Gasteiger partial charge in [-0.25, -0.2) is 0 Å². The van der Waals surface area contributed by atoms with E-state index < -0.39 is 4.92 Å². The number of ether oxygens (including phenoxy) is 1. The summed E-state index contributed by atoms with van der Waals surface area (Å²) in [6.07, 6.45) is 0. The number of anilines is 1. The summed E-state index contributed by atoms with van der Waals surface area (Å²) < 4.78 is 5.16. The maximum Gasteiger partial charge on any atom is 0.287 e. The Labute approximate surface area is 136 Å². The number of nitro benzene ring substituents is 1. The number of piperazine rings is 1. The summed E-state index contributed by atoms with van der Waals surface area (Å²) in [6.45, 7) is 7.54. The van der Waals surface area contributed by atoms with Crippen molar-refractivity contribution < 1.29 is 9.66 Å². The van der Waals surface area contributed by atoms with E-state index in [0.717, 1.165) is 25.3 Å². The maximum absolute atomic E-state index is 10.9. The Morgan fingerprint density at radius 3 is 2.57 bits per heavy atom. The predicted molar refractivity (Wildman–Crippen MR) is 87.5 cm³/mol. The van der Waals surface area contributed by atoms with Crippen LogP contribution in [0.25, 0.3) is 0 Å². The Hall–Kier alpha value is -2.17. The molecular weight excluding hydrogens is 296 g/mol. The van der Waals surface area contributed by atoms with Gasteiger partial charge in [0.25, 0.3) is 5.69 Å². The van der Waals surface area contributed by atoms with Gasteiger partial charge >= 0.3 is 0 Å². The van der Waals surface area contributed by atoms with E-state index in [4.69, 9.17) is 10.00 Å². The van der Waals surface area contributed by atoms with Gasteiger partial charge in [0.2, 0.25) is 0 Å². The molecule has 124 valence electrons. The average molecular weight is 318 g/mol. The molecule has 1 fully saturated rings. The zero-order valence-corrected chi connectivity index (χ0v) is 13.7. The molecule has 0 N–H and O–H groups in total. The third-order valence-electron chi connectivity index (χ3n) is 4.32. The van der Waals surface area contributed by atoms with E-state index in [1.54, 1.807) is 19.2 Å². The molecule has 0 saturated carbocycles. The molecule has 1 aliphatic heterocycles. The van der Waals surface area contributed by atoms with Gasteiger partial charge in [0.15, 0.2) is 0 Å². The molecule has 2 unspecified atom stereocenters. The summed E-state index contributed by atoms with van der Waals surface area (Å²) in [4.78, 5) is 15.0. The Balaban J connectivity index is 2.18. The van der Waals surface area contributed by atoms with Crippen LogP contribution in [0.5, 0.6) is 0 Å². The fourth-order valence-electron chi connectivity index (χ4n) is 3.17. The number of benzene rings is 1. The van der Waals surface area contributed by atoms with Crippen LogP contribution in [0.2, 0.25) is 0 Å². The summed E-state index contributed by atoms with van der Waals surface area (Å²) >= 11 is 0. The SMILES string of the molecule is COCCN1C(C)CN(c2ccc([N+](=O)[O-])c(C#N)c2)CC1C. The van der Waals surface area contributed by atoms with E-state index in [-0.39, 0.29) is 11.3 Å². The third-order valence-corrected chi connectivity index (χ3v) is 4.32. The van der Waals surface area contributed by atoms with Crippen LogP contribution in [0, 0.1) is 21.4 Å². The summed E-state index contributed by atoms with van der Waals surface area (Å²) in [5, 5.41) is 20.1. The Kier molecular flexibility index (Phi) is 5.53. The van der Waals surface area contributed by atoms with Crippen LogP contribution in [-0.2, 0) is 4.74 Å². The lowest BCUT2D eigenvalue weighted by molar-refractivity contribution is -0.385. The summed E-state index contributed by atoms with van der Waals surface area (Å²) in [5.41, 5.74) is 0.822. The van der Waals surface area contributed by atoms with Crippen molar-refractivity contribution >= 4 is 11.4 Å². The monoisotopic (exact) mass is 318 g/mol. The number of methoxy groups -OCH3 is 1. The van der Waals surface area contributed by atoms with Crippen molar-refractivity contribution in [3.8, 4) is 6.07 Å². The summed E-state index contributed by atoms with van der Waals surface area (Å²) in [7, 11) is 1.70. The van der Waals surface area contributed by atoms with Crippen molar-refractivity contribution in [2.24, 2.45) is 0 Å². The minimum atomic E-state index is -0.518. The van der Waals surface area contributed by atoms with Gasteiger partial charge in [-0.2, -0.15) is 5.26 Å². The van der Waals surface area contributed by atoms with E-state index in [2.05, 4.69) is 23.6 Å². The van der Waals surface area contributed by atoms with E-state index in [1.807, 2.05) is 6.07 Å². The largest absolute Gasteiger partial charge is 0.383 e. The van der Waals surface area contributed by atoms with Gasteiger partial charge in [0.1, 0.15) is 11.6 Å². The molecule has 0 aliphatic carbocycles. The molecule has 0 spiro atoms. The maximum atomic E-state index is 10.9. The van der Waals surface area contributed by atoms with Crippen LogP contribution in [0.4, 0.5) is 11.4 Å². The second-order valence-electron chi connectivity index (χ2n) is 5.90. The highest BCUT2D eigenvalue weighted by molar-refractivity contribution is 5.60. The minimum absolute atomic E-state index is 0.106. The van der Waals surface area contributed by atoms with Gasteiger partial charge in [0, 0.05) is 50.6 Å². The summed E-state index contributed by atoms with van der Waals surface area (Å²) in [5.74, 6) is 0. The van der Waals surface area contributed by atoms with E-state index in [9.17, 15) is 10.1 Å². The van der Waals surface area contributed by atoms with Crippen molar-refractivity contribution in [1.82, 2.24) is 4.90 Å². The molecule has 7 heteroatoms. The van der Waals surface area contributed by atoms with Gasteiger partial charge in [-0.1, -0.05) is 0 Å². The van der Waals surface area contributed by atoms with Crippen LogP contribution in [0.1, 0.15) is 19.4 Å². The van der Waals surface area contributed by atoms with Crippen molar-refractivity contribution in [3.05, 3.63) is 33.9 Å². The zero-order chi connectivity index (χ0) is 17.0. The molecule has 1 aromatic rings. The number of nitro groups is 1. The molecule has 1 saturated heterocycles. The first-order valence-electron chi connectivity index (χ1n) is 7.66. The number of hydrogen-bond donors (Lipinski definition) is 0. The summed E-state index contributed by atoms with van der Waals surface area (Å²) in [6, 6.07) is 7.36. The van der Waals surface area contributed by atoms with Crippen molar-refractivity contribution in [2.45, 2.75) is 25.9 Å². The van der Waals surface area contributed by atoms with Crippen molar-refractivity contribution in [3.63, 3.8) is 0 Å². The van der Waals surface area contributed by atoms with Crippen molar-refractivity contribution in [1.29, 1.82) is 5.26 Å². The van der Waals surface area contributed by atoms with Crippen LogP contribution in [-0.4, -0.2) is 55.3 Å². The van der Waals surface area contributed by atoms with Gasteiger partial charge in [0.05, 0.1) is 11.5 Å². The normalized spacial score (nSPS) is 21.9. The molecule has 2 atom stereocenters. The van der Waals surface area contributed by atoms with E-state index in [1.165, 1.54) is 6.07 Å². The lowest BCUT2D eigenvalue weighted by Gasteiger charge is -2.45. The van der Waals surface area contributed by atoms with Gasteiger partial charge in [-0.3, -0.25) is 15.0 Å². The van der Waals surface area contributed by atoms with Gasteiger partial charge in [-0.05, 0) is 26.0 Å². The highest BCUT2D eigenvalue weighted by Crippen LogP contribution is 2.27. The second kappa shape index (κ2) is 7.40. The first-order valence-corrected chi connectivity index (χ1v) is 7.66. The fraction of sp³-hybridized carbons (Fsp3) is 0.562. The topological polar surface area (TPSA) is 82.6 Å². The van der Waals surface area contributed by atoms with Gasteiger partial charge in [-0.15, -0.1) is 0 Å². The number of nitriles is 1. The van der Waals surface area contributed by atoms with E-state index >= 15 is 0 Å². The third kappa shape index (κ3) is 3.78. The molecule has 1 aromatic carbocycles. The van der Waals surface area contributed by atoms with Crippen LogP contribution in [0.15, 0.2) is 18.2 Å². The minimum Gasteiger partial charge on any atom is -0.383 e. The molecule has 0 amide bonds. The standard InChI is InChI=1S/C16H22N4O3/c1-12-10-18(11-13(2)19(12)6-7-23-3)15-4-5-16(20(21)22)14(8-15)9-17/h4-5,8,12-13H,6-7,10-11H2,1-3H3. The molecule has 2 rings (SSSR count). The fourth-order valence-corrected chi connectivity index (χ4v) is 3.17. The molecule has 0 bridgehead atoms. The van der Waals surface area contributed by atoms with Gasteiger partial charge < -0.3 is 9.64 Å². The Bertz CT molecular complexity index is 602. The molecule has 1 heterocycles. The average Bonchev–Trinajstić information content (AvgIpc) is 2.53. The first-order chi connectivity index (χ1) is 11.0. The molecule has 1 aliphatic rings.